The maximum Gasteiger partial charge on any atom is 0.251 e. The summed E-state index contributed by atoms with van der Waals surface area (Å²) in [4.78, 5) is 21.5. The van der Waals surface area contributed by atoms with Crippen LogP contribution in [0.5, 0.6) is 0 Å². The van der Waals surface area contributed by atoms with E-state index in [0.29, 0.717) is 18.7 Å². The third-order valence-corrected chi connectivity index (χ3v) is 4.84. The van der Waals surface area contributed by atoms with Crippen molar-refractivity contribution in [2.24, 2.45) is 4.99 Å². The summed E-state index contributed by atoms with van der Waals surface area (Å²) in [6.07, 6.45) is 1.06. The summed E-state index contributed by atoms with van der Waals surface area (Å²) in [6, 6.07) is 7.67. The fourth-order valence-corrected chi connectivity index (χ4v) is 3.15. The third-order valence-electron chi connectivity index (χ3n) is 4.84. The van der Waals surface area contributed by atoms with Crippen molar-refractivity contribution in [3.8, 4) is 0 Å². The Kier molecular flexibility index (Phi) is 11.2. The lowest BCUT2D eigenvalue weighted by molar-refractivity contribution is 0.0376. The number of rotatable bonds is 11. The zero-order chi connectivity index (χ0) is 21.6. The minimum atomic E-state index is -0.0455. The molecule has 3 N–H and O–H groups in total. The van der Waals surface area contributed by atoms with E-state index in [1.165, 1.54) is 0 Å². The van der Waals surface area contributed by atoms with E-state index >= 15 is 0 Å². The van der Waals surface area contributed by atoms with Crippen LogP contribution in [0.25, 0.3) is 0 Å². The van der Waals surface area contributed by atoms with E-state index in [4.69, 9.17) is 4.74 Å². The molecule has 1 saturated heterocycles. The maximum absolute atomic E-state index is 12.3. The lowest BCUT2D eigenvalue weighted by Gasteiger charge is -2.26. The van der Waals surface area contributed by atoms with Crippen LogP contribution in [0.3, 0.4) is 0 Å². The third kappa shape index (κ3) is 9.56. The Morgan fingerprint density at radius 3 is 2.70 bits per heavy atom. The molecule has 1 aliphatic heterocycles. The monoisotopic (exact) mass is 418 g/mol. The number of guanidine groups is 1. The summed E-state index contributed by atoms with van der Waals surface area (Å²) in [5, 5.41) is 9.64. The Labute approximate surface area is 181 Å². The van der Waals surface area contributed by atoms with Crippen LogP contribution in [0.4, 0.5) is 0 Å². The Hall–Kier alpha value is -2.16. The molecule has 30 heavy (non-hydrogen) atoms. The number of hydrogen-bond donors (Lipinski definition) is 3. The van der Waals surface area contributed by atoms with Gasteiger partial charge in [-0.05, 0) is 51.7 Å². The summed E-state index contributed by atoms with van der Waals surface area (Å²) in [6.45, 7) is 10.5. The average Bonchev–Trinajstić information content (AvgIpc) is 2.75. The van der Waals surface area contributed by atoms with Crippen molar-refractivity contribution in [1.82, 2.24) is 25.8 Å². The van der Waals surface area contributed by atoms with Gasteiger partial charge in [0.1, 0.15) is 0 Å². The number of likely N-dealkylation sites (N-methyl/N-ethyl adjacent to an activating group) is 1. The largest absolute Gasteiger partial charge is 0.379 e. The quantitative estimate of drug-likeness (QED) is 0.280. The highest BCUT2D eigenvalue weighted by molar-refractivity contribution is 5.94. The molecule has 0 saturated carbocycles. The molecular formula is C22H38N6O2. The number of amides is 1. The number of benzene rings is 1. The molecule has 0 atom stereocenters. The highest BCUT2D eigenvalue weighted by atomic mass is 16.5. The maximum atomic E-state index is 12.3. The van der Waals surface area contributed by atoms with E-state index < -0.39 is 0 Å². The van der Waals surface area contributed by atoms with Gasteiger partial charge in [0, 0.05) is 44.8 Å². The number of ether oxygens (including phenoxy) is 1. The van der Waals surface area contributed by atoms with Crippen LogP contribution in [-0.2, 0) is 11.3 Å². The van der Waals surface area contributed by atoms with Crippen LogP contribution in [0, 0.1) is 0 Å². The zero-order valence-electron chi connectivity index (χ0n) is 18.7. The molecule has 1 aromatic carbocycles. The number of nitrogens with one attached hydrogen (secondary N) is 3. The Morgan fingerprint density at radius 2 is 1.97 bits per heavy atom. The van der Waals surface area contributed by atoms with Crippen LogP contribution in [0.15, 0.2) is 29.3 Å². The van der Waals surface area contributed by atoms with Crippen LogP contribution in [0.2, 0.25) is 0 Å². The van der Waals surface area contributed by atoms with E-state index in [1.54, 1.807) is 0 Å². The summed E-state index contributed by atoms with van der Waals surface area (Å²) < 4.78 is 5.39. The Morgan fingerprint density at radius 1 is 1.17 bits per heavy atom. The lowest BCUT2D eigenvalue weighted by Crippen LogP contribution is -2.40. The molecule has 1 aromatic rings. The van der Waals surface area contributed by atoms with E-state index in [2.05, 4.69) is 32.8 Å². The van der Waals surface area contributed by atoms with E-state index in [0.717, 1.165) is 70.4 Å². The molecule has 1 aliphatic rings. The van der Waals surface area contributed by atoms with E-state index in [1.807, 2.05) is 43.3 Å². The van der Waals surface area contributed by atoms with Gasteiger partial charge in [0.15, 0.2) is 5.96 Å². The first kappa shape index (κ1) is 24.1. The summed E-state index contributed by atoms with van der Waals surface area (Å²) in [5.41, 5.74) is 1.69. The molecule has 1 heterocycles. The molecule has 8 heteroatoms. The second-order valence-electron chi connectivity index (χ2n) is 7.69. The van der Waals surface area contributed by atoms with Crippen LogP contribution in [-0.4, -0.2) is 94.8 Å². The molecule has 2 rings (SSSR count). The number of hydrogen-bond acceptors (Lipinski definition) is 5. The molecular weight excluding hydrogens is 380 g/mol. The standard InChI is InChI=1S/C22H38N6O2/c1-4-23-22(25-9-6-11-28-13-15-30-16-14-28)26-18-19-7-5-8-20(17-19)21(29)24-10-12-27(2)3/h5,7-8,17H,4,6,9-16,18H2,1-3H3,(H,24,29)(H2,23,25,26). The molecule has 0 bridgehead atoms. The second kappa shape index (κ2) is 14.0. The van der Waals surface area contributed by atoms with Crippen molar-refractivity contribution < 1.29 is 9.53 Å². The normalized spacial score (nSPS) is 15.3. The van der Waals surface area contributed by atoms with Crippen molar-refractivity contribution in [2.45, 2.75) is 19.9 Å². The molecule has 168 valence electrons. The predicted octanol–water partition coefficient (Wildman–Crippen LogP) is 0.755. The average molecular weight is 419 g/mol. The molecule has 1 amide bonds. The topological polar surface area (TPSA) is 81.2 Å². The van der Waals surface area contributed by atoms with Crippen molar-refractivity contribution in [3.05, 3.63) is 35.4 Å². The molecule has 0 unspecified atom stereocenters. The first-order valence-corrected chi connectivity index (χ1v) is 10.9. The van der Waals surface area contributed by atoms with Gasteiger partial charge in [-0.25, -0.2) is 4.99 Å². The van der Waals surface area contributed by atoms with Crippen LogP contribution < -0.4 is 16.0 Å². The van der Waals surface area contributed by atoms with Gasteiger partial charge in [0.25, 0.3) is 5.91 Å². The van der Waals surface area contributed by atoms with Crippen molar-refractivity contribution in [3.63, 3.8) is 0 Å². The minimum absolute atomic E-state index is 0.0455. The zero-order valence-corrected chi connectivity index (χ0v) is 18.7. The van der Waals surface area contributed by atoms with E-state index in [-0.39, 0.29) is 5.91 Å². The molecule has 0 aromatic heterocycles. The Bertz CT molecular complexity index is 659. The van der Waals surface area contributed by atoms with Gasteiger partial charge in [-0.3, -0.25) is 9.69 Å². The fourth-order valence-electron chi connectivity index (χ4n) is 3.15. The van der Waals surface area contributed by atoms with Crippen LogP contribution in [0.1, 0.15) is 29.3 Å². The lowest BCUT2D eigenvalue weighted by atomic mass is 10.1. The van der Waals surface area contributed by atoms with Crippen LogP contribution >= 0.6 is 0 Å². The molecule has 0 radical (unpaired) electrons. The van der Waals surface area contributed by atoms with Gasteiger partial charge in [-0.2, -0.15) is 0 Å². The van der Waals surface area contributed by atoms with Crippen molar-refractivity contribution in [2.75, 3.05) is 73.1 Å². The first-order valence-electron chi connectivity index (χ1n) is 10.9. The van der Waals surface area contributed by atoms with Crippen molar-refractivity contribution in [1.29, 1.82) is 0 Å². The highest BCUT2D eigenvalue weighted by Gasteiger charge is 2.09. The smallest absolute Gasteiger partial charge is 0.251 e. The van der Waals surface area contributed by atoms with Gasteiger partial charge >= 0.3 is 0 Å². The molecule has 0 spiro atoms. The number of nitrogens with zero attached hydrogens (tertiary/aromatic N) is 3. The summed E-state index contributed by atoms with van der Waals surface area (Å²) in [5.74, 6) is 0.760. The van der Waals surface area contributed by atoms with Gasteiger partial charge < -0.3 is 25.6 Å². The highest BCUT2D eigenvalue weighted by Crippen LogP contribution is 2.07. The first-order chi connectivity index (χ1) is 14.6. The van der Waals surface area contributed by atoms with Gasteiger partial charge in [0.05, 0.1) is 19.8 Å². The summed E-state index contributed by atoms with van der Waals surface area (Å²) >= 11 is 0. The summed E-state index contributed by atoms with van der Waals surface area (Å²) in [7, 11) is 3.98. The number of aliphatic imine (C=N–C) groups is 1. The molecule has 1 fully saturated rings. The SMILES string of the molecule is CCNC(=NCc1cccc(C(=O)NCCN(C)C)c1)NCCCN1CCOCC1. The fraction of sp³-hybridized carbons (Fsp3) is 0.636. The van der Waals surface area contributed by atoms with Crippen molar-refractivity contribution >= 4 is 11.9 Å². The predicted molar refractivity (Wildman–Crippen MR) is 122 cm³/mol. The van der Waals surface area contributed by atoms with Gasteiger partial charge in [-0.1, -0.05) is 12.1 Å². The number of morpholine rings is 1. The minimum Gasteiger partial charge on any atom is -0.379 e. The van der Waals surface area contributed by atoms with E-state index in [9.17, 15) is 4.79 Å². The number of carbonyl (C=O) groups excluding carboxylic acids is 1. The molecule has 8 nitrogen and oxygen atoms in total. The van der Waals surface area contributed by atoms with Gasteiger partial charge in [-0.15, -0.1) is 0 Å². The van der Waals surface area contributed by atoms with Gasteiger partial charge in [0.2, 0.25) is 0 Å². The number of carbonyl (C=O) groups is 1. The second-order valence-corrected chi connectivity index (χ2v) is 7.69. The molecule has 0 aliphatic carbocycles. The Balaban J connectivity index is 1.80.